The summed E-state index contributed by atoms with van der Waals surface area (Å²) in [4.78, 5) is 18.1. The van der Waals surface area contributed by atoms with Gasteiger partial charge in [0.15, 0.2) is 23.0 Å². The second kappa shape index (κ2) is 10.4. The molecule has 8 nitrogen and oxygen atoms in total. The molecule has 0 saturated carbocycles. The Morgan fingerprint density at radius 1 is 0.750 bits per heavy atom. The van der Waals surface area contributed by atoms with Gasteiger partial charge in [0, 0.05) is 17.1 Å². The molecule has 0 spiro atoms. The minimum Gasteiger partial charge on any atom is -0.493 e. The molecule has 2 aromatic carbocycles. The largest absolute Gasteiger partial charge is 0.524 e. The summed E-state index contributed by atoms with van der Waals surface area (Å²) in [5.74, 6) is 1.66. The summed E-state index contributed by atoms with van der Waals surface area (Å²) in [6.45, 7) is 0. The fourth-order valence-corrected chi connectivity index (χ4v) is 2.79. The summed E-state index contributed by atoms with van der Waals surface area (Å²) in [6, 6.07) is 8.29. The van der Waals surface area contributed by atoms with Crippen LogP contribution in [-0.4, -0.2) is 38.2 Å². The molecule has 2 aromatic rings. The van der Waals surface area contributed by atoms with E-state index in [1.54, 1.807) is 36.4 Å². The fourth-order valence-electron chi connectivity index (χ4n) is 2.39. The molecule has 0 fully saturated rings. The van der Waals surface area contributed by atoms with E-state index < -0.39 is 7.82 Å². The molecular weight excluding hydrogens is 430 g/mol. The zero-order chi connectivity index (χ0) is 20.0. The van der Waals surface area contributed by atoms with Gasteiger partial charge in [0.2, 0.25) is 5.75 Å². The normalized spacial score (nSPS) is 10.9. The second-order valence-corrected chi connectivity index (χ2v) is 6.45. The minimum atomic E-state index is -4.71. The molecule has 0 aliphatic rings. The van der Waals surface area contributed by atoms with Crippen LogP contribution in [0.3, 0.4) is 0 Å². The number of phosphoric acid groups is 1. The van der Waals surface area contributed by atoms with Crippen LogP contribution in [0.4, 0.5) is 0 Å². The summed E-state index contributed by atoms with van der Waals surface area (Å²) < 4.78 is 36.8. The van der Waals surface area contributed by atoms with Gasteiger partial charge in [-0.25, -0.2) is 4.57 Å². The minimum absolute atomic E-state index is 0. The summed E-state index contributed by atoms with van der Waals surface area (Å²) in [5.41, 5.74) is 1.42. The van der Waals surface area contributed by atoms with Gasteiger partial charge in [-0.3, -0.25) is 9.79 Å². The van der Waals surface area contributed by atoms with Gasteiger partial charge in [0.05, 0.1) is 28.4 Å². The standard InChI is InChI=1S/C18H21O8P.Mn/c1-22-14-8-7-12(9-15(14)26-27(19,20)21)5-6-13-10-16(23-2)18(25-4)17(11-13)24-3;/h5-11H,1-4H3,(H2,19,20,21);/b6-5-;. The molecule has 0 heterocycles. The summed E-state index contributed by atoms with van der Waals surface area (Å²) in [7, 11) is 1.26. The van der Waals surface area contributed by atoms with E-state index in [4.69, 9.17) is 28.7 Å². The second-order valence-electron chi connectivity index (χ2n) is 5.28. The van der Waals surface area contributed by atoms with Crippen LogP contribution < -0.4 is 23.5 Å². The fraction of sp³-hybridized carbons (Fsp3) is 0.222. The number of ether oxygens (including phenoxy) is 4. The molecule has 0 unspecified atom stereocenters. The first-order valence-electron chi connectivity index (χ1n) is 7.72. The Balaban J connectivity index is 0.00000392. The van der Waals surface area contributed by atoms with Gasteiger partial charge in [-0.1, -0.05) is 18.2 Å². The van der Waals surface area contributed by atoms with Crippen LogP contribution in [-0.2, 0) is 21.6 Å². The van der Waals surface area contributed by atoms with Crippen molar-refractivity contribution in [2.45, 2.75) is 0 Å². The Bertz CT molecular complexity index is 853. The van der Waals surface area contributed by atoms with Crippen molar-refractivity contribution in [1.29, 1.82) is 0 Å². The van der Waals surface area contributed by atoms with Crippen LogP contribution in [0.15, 0.2) is 30.3 Å². The molecule has 0 saturated heterocycles. The van der Waals surface area contributed by atoms with Gasteiger partial charge >= 0.3 is 7.82 Å². The van der Waals surface area contributed by atoms with Gasteiger partial charge in [-0.15, -0.1) is 0 Å². The molecule has 0 bridgehead atoms. The SMILES string of the molecule is COc1ccc(/C=C\c2cc(OC)c(OC)c(OC)c2)cc1OP(=O)(O)O.[Mn]. The number of benzene rings is 2. The van der Waals surface area contributed by atoms with Crippen molar-refractivity contribution in [3.8, 4) is 28.7 Å². The molecule has 0 aliphatic heterocycles. The number of hydrogen-bond acceptors (Lipinski definition) is 6. The van der Waals surface area contributed by atoms with Crippen molar-refractivity contribution in [3.05, 3.63) is 41.5 Å². The van der Waals surface area contributed by atoms with E-state index in [0.29, 0.717) is 22.8 Å². The van der Waals surface area contributed by atoms with Gasteiger partial charge in [0.1, 0.15) is 0 Å². The number of methoxy groups -OCH3 is 4. The molecule has 28 heavy (non-hydrogen) atoms. The van der Waals surface area contributed by atoms with Crippen molar-refractivity contribution in [3.63, 3.8) is 0 Å². The molecule has 0 amide bonds. The van der Waals surface area contributed by atoms with Crippen LogP contribution in [0.2, 0.25) is 0 Å². The first kappa shape index (κ1) is 23.9. The summed E-state index contributed by atoms with van der Waals surface area (Å²) in [6.07, 6.45) is 3.53. The predicted molar refractivity (Wildman–Crippen MR) is 101 cm³/mol. The molecular formula is C18H21MnO8P. The molecule has 1 radical (unpaired) electrons. The van der Waals surface area contributed by atoms with E-state index in [0.717, 1.165) is 5.56 Å². The maximum atomic E-state index is 11.1. The number of rotatable bonds is 8. The van der Waals surface area contributed by atoms with E-state index in [-0.39, 0.29) is 28.6 Å². The molecule has 2 N–H and O–H groups in total. The van der Waals surface area contributed by atoms with Crippen LogP contribution in [0.25, 0.3) is 12.2 Å². The van der Waals surface area contributed by atoms with Crippen molar-refractivity contribution >= 4 is 20.0 Å². The quantitative estimate of drug-likeness (QED) is 0.358. The van der Waals surface area contributed by atoms with E-state index in [1.165, 1.54) is 34.5 Å². The van der Waals surface area contributed by atoms with E-state index >= 15 is 0 Å². The predicted octanol–water partition coefficient (Wildman–Crippen LogP) is 3.36. The summed E-state index contributed by atoms with van der Waals surface area (Å²) >= 11 is 0. The van der Waals surface area contributed by atoms with Crippen LogP contribution in [0.5, 0.6) is 28.7 Å². The van der Waals surface area contributed by atoms with Gasteiger partial charge in [-0.05, 0) is 35.4 Å². The van der Waals surface area contributed by atoms with Crippen LogP contribution >= 0.6 is 7.82 Å². The zero-order valence-electron chi connectivity index (χ0n) is 15.7. The Hall–Kier alpha value is -2.15. The Morgan fingerprint density at radius 2 is 1.25 bits per heavy atom. The van der Waals surface area contributed by atoms with Crippen LogP contribution in [0.1, 0.15) is 11.1 Å². The van der Waals surface area contributed by atoms with Crippen LogP contribution in [0, 0.1) is 0 Å². The zero-order valence-corrected chi connectivity index (χ0v) is 17.8. The van der Waals surface area contributed by atoms with Crippen molar-refractivity contribution in [2.24, 2.45) is 0 Å². The van der Waals surface area contributed by atoms with E-state index in [1.807, 2.05) is 0 Å². The molecule has 153 valence electrons. The monoisotopic (exact) mass is 451 g/mol. The number of hydrogen-bond donors (Lipinski definition) is 2. The molecule has 0 aliphatic carbocycles. The molecule has 0 aromatic heterocycles. The third kappa shape index (κ3) is 6.19. The molecule has 10 heteroatoms. The Morgan fingerprint density at radius 3 is 1.71 bits per heavy atom. The van der Waals surface area contributed by atoms with E-state index in [9.17, 15) is 4.57 Å². The Kier molecular flexibility index (Phi) is 8.88. The maximum absolute atomic E-state index is 11.1. The van der Waals surface area contributed by atoms with Crippen molar-refractivity contribution < 1.29 is 54.9 Å². The third-order valence-corrected chi connectivity index (χ3v) is 3.99. The van der Waals surface area contributed by atoms with Gasteiger partial charge in [-0.2, -0.15) is 0 Å². The van der Waals surface area contributed by atoms with Gasteiger partial charge < -0.3 is 23.5 Å². The smallest absolute Gasteiger partial charge is 0.493 e. The van der Waals surface area contributed by atoms with Gasteiger partial charge in [0.25, 0.3) is 0 Å². The van der Waals surface area contributed by atoms with Crippen molar-refractivity contribution in [1.82, 2.24) is 0 Å². The maximum Gasteiger partial charge on any atom is 0.524 e. The van der Waals surface area contributed by atoms with Crippen molar-refractivity contribution in [2.75, 3.05) is 28.4 Å². The average Bonchev–Trinajstić information content (AvgIpc) is 2.64. The molecule has 2 rings (SSSR count). The Labute approximate surface area is 173 Å². The molecule has 0 atom stereocenters. The first-order chi connectivity index (χ1) is 12.8. The summed E-state index contributed by atoms with van der Waals surface area (Å²) in [5, 5.41) is 0. The first-order valence-corrected chi connectivity index (χ1v) is 9.25. The number of phosphoric ester groups is 1. The third-order valence-electron chi connectivity index (χ3n) is 3.56. The topological polar surface area (TPSA) is 104 Å². The van der Waals surface area contributed by atoms with E-state index in [2.05, 4.69) is 4.52 Å². The average molecular weight is 451 g/mol.